The van der Waals surface area contributed by atoms with Crippen LogP contribution in [0.15, 0.2) is 12.7 Å². The minimum atomic E-state index is -0.0399. The number of carbonyl (C=O) groups excluding carboxylic acids is 1. The molecule has 1 amide bonds. The SMILES string of the molecule is C=CC(=O)NC1CC(CI)C1. The molecule has 0 aromatic carbocycles. The van der Waals surface area contributed by atoms with Crippen molar-refractivity contribution in [1.82, 2.24) is 5.32 Å². The molecule has 1 aliphatic rings. The Labute approximate surface area is 80.6 Å². The predicted octanol–water partition coefficient (Wildman–Crippen LogP) is 1.50. The Bertz CT molecular complexity index is 163. The summed E-state index contributed by atoms with van der Waals surface area (Å²) in [4.78, 5) is 10.8. The normalized spacial score (nSPS) is 28.8. The van der Waals surface area contributed by atoms with Gasteiger partial charge in [0, 0.05) is 10.5 Å². The van der Waals surface area contributed by atoms with E-state index in [0.29, 0.717) is 6.04 Å². The van der Waals surface area contributed by atoms with Crippen LogP contribution in [-0.4, -0.2) is 16.4 Å². The highest BCUT2D eigenvalue weighted by Gasteiger charge is 2.28. The number of carbonyl (C=O) groups is 1. The van der Waals surface area contributed by atoms with Gasteiger partial charge in [0.25, 0.3) is 0 Å². The van der Waals surface area contributed by atoms with E-state index < -0.39 is 0 Å². The molecule has 0 radical (unpaired) electrons. The van der Waals surface area contributed by atoms with E-state index in [2.05, 4.69) is 34.5 Å². The van der Waals surface area contributed by atoms with E-state index in [4.69, 9.17) is 0 Å². The van der Waals surface area contributed by atoms with Crippen LogP contribution in [0.1, 0.15) is 12.8 Å². The largest absolute Gasteiger partial charge is 0.350 e. The monoisotopic (exact) mass is 265 g/mol. The van der Waals surface area contributed by atoms with E-state index in [9.17, 15) is 4.79 Å². The summed E-state index contributed by atoms with van der Waals surface area (Å²) in [7, 11) is 0. The number of hydrogen-bond donors (Lipinski definition) is 1. The average molecular weight is 265 g/mol. The summed E-state index contributed by atoms with van der Waals surface area (Å²) in [6.07, 6.45) is 3.61. The van der Waals surface area contributed by atoms with Crippen LogP contribution < -0.4 is 5.32 Å². The van der Waals surface area contributed by atoms with E-state index in [1.165, 1.54) is 10.5 Å². The number of rotatable bonds is 3. The highest BCUT2D eigenvalue weighted by atomic mass is 127. The van der Waals surface area contributed by atoms with E-state index in [1.54, 1.807) is 0 Å². The number of alkyl halides is 1. The lowest BCUT2D eigenvalue weighted by Gasteiger charge is -2.34. The number of amides is 1. The van der Waals surface area contributed by atoms with Crippen LogP contribution in [0.2, 0.25) is 0 Å². The van der Waals surface area contributed by atoms with Gasteiger partial charge in [0.05, 0.1) is 0 Å². The second kappa shape index (κ2) is 4.09. The Morgan fingerprint density at radius 2 is 2.36 bits per heavy atom. The molecule has 62 valence electrons. The van der Waals surface area contributed by atoms with Gasteiger partial charge < -0.3 is 5.32 Å². The van der Waals surface area contributed by atoms with E-state index >= 15 is 0 Å². The highest BCUT2D eigenvalue weighted by molar-refractivity contribution is 14.1. The lowest BCUT2D eigenvalue weighted by molar-refractivity contribution is -0.117. The smallest absolute Gasteiger partial charge is 0.243 e. The van der Waals surface area contributed by atoms with Crippen molar-refractivity contribution in [1.29, 1.82) is 0 Å². The minimum absolute atomic E-state index is 0.0399. The minimum Gasteiger partial charge on any atom is -0.350 e. The summed E-state index contributed by atoms with van der Waals surface area (Å²) < 4.78 is 1.21. The summed E-state index contributed by atoms with van der Waals surface area (Å²) in [6.45, 7) is 3.40. The highest BCUT2D eigenvalue weighted by Crippen LogP contribution is 2.28. The standard InChI is InChI=1S/C8H12INO/c1-2-8(11)10-7-3-6(4-7)5-9/h2,6-7H,1,3-5H2,(H,10,11). The molecule has 0 aliphatic heterocycles. The third-order valence-electron chi connectivity index (χ3n) is 1.99. The zero-order valence-electron chi connectivity index (χ0n) is 6.35. The van der Waals surface area contributed by atoms with E-state index in [1.807, 2.05) is 0 Å². The summed E-state index contributed by atoms with van der Waals surface area (Å²) >= 11 is 2.38. The van der Waals surface area contributed by atoms with Crippen LogP contribution in [0.25, 0.3) is 0 Å². The molecule has 11 heavy (non-hydrogen) atoms. The summed E-state index contributed by atoms with van der Waals surface area (Å²) in [5.41, 5.74) is 0. The van der Waals surface area contributed by atoms with Crippen LogP contribution in [0.4, 0.5) is 0 Å². The van der Waals surface area contributed by atoms with Gasteiger partial charge in [-0.3, -0.25) is 4.79 Å². The molecule has 0 aromatic rings. The van der Waals surface area contributed by atoms with Crippen LogP contribution in [0.5, 0.6) is 0 Å². The third-order valence-corrected chi connectivity index (χ3v) is 3.23. The summed E-state index contributed by atoms with van der Waals surface area (Å²) in [6, 6.07) is 0.417. The second-order valence-electron chi connectivity index (χ2n) is 2.90. The first-order valence-electron chi connectivity index (χ1n) is 3.75. The van der Waals surface area contributed by atoms with Gasteiger partial charge in [0.15, 0.2) is 0 Å². The molecule has 2 nitrogen and oxygen atoms in total. The van der Waals surface area contributed by atoms with Crippen molar-refractivity contribution < 1.29 is 4.79 Å². The van der Waals surface area contributed by atoms with Gasteiger partial charge in [0.2, 0.25) is 5.91 Å². The van der Waals surface area contributed by atoms with Gasteiger partial charge in [-0.2, -0.15) is 0 Å². The van der Waals surface area contributed by atoms with Crippen molar-refractivity contribution in [2.75, 3.05) is 4.43 Å². The first-order chi connectivity index (χ1) is 5.26. The lowest BCUT2D eigenvalue weighted by atomic mass is 9.82. The van der Waals surface area contributed by atoms with Gasteiger partial charge >= 0.3 is 0 Å². The first-order valence-corrected chi connectivity index (χ1v) is 5.27. The van der Waals surface area contributed by atoms with Crippen molar-refractivity contribution >= 4 is 28.5 Å². The topological polar surface area (TPSA) is 29.1 Å². The molecule has 3 heteroatoms. The molecule has 0 saturated heterocycles. The fourth-order valence-electron chi connectivity index (χ4n) is 1.24. The number of hydrogen-bond acceptors (Lipinski definition) is 1. The predicted molar refractivity (Wildman–Crippen MR) is 53.7 cm³/mol. The van der Waals surface area contributed by atoms with Crippen molar-refractivity contribution in [2.45, 2.75) is 18.9 Å². The van der Waals surface area contributed by atoms with Crippen LogP contribution in [0.3, 0.4) is 0 Å². The molecular formula is C8H12INO. The summed E-state index contributed by atoms with van der Waals surface area (Å²) in [5.74, 6) is 0.785. The van der Waals surface area contributed by atoms with Gasteiger partial charge in [-0.15, -0.1) is 0 Å². The Hall–Kier alpha value is -0.0600. The van der Waals surface area contributed by atoms with Crippen LogP contribution in [-0.2, 0) is 4.79 Å². The van der Waals surface area contributed by atoms with E-state index in [0.717, 1.165) is 18.8 Å². The maximum Gasteiger partial charge on any atom is 0.243 e. The maximum absolute atomic E-state index is 10.8. The molecule has 0 unspecified atom stereocenters. The quantitative estimate of drug-likeness (QED) is 0.467. The Balaban J connectivity index is 2.13. The lowest BCUT2D eigenvalue weighted by Crippen LogP contribution is -2.44. The Morgan fingerprint density at radius 1 is 1.73 bits per heavy atom. The molecule has 1 rings (SSSR count). The molecule has 1 saturated carbocycles. The van der Waals surface area contributed by atoms with Crippen LogP contribution >= 0.6 is 22.6 Å². The molecule has 0 aromatic heterocycles. The van der Waals surface area contributed by atoms with Gasteiger partial charge in [-0.1, -0.05) is 29.2 Å². The second-order valence-corrected chi connectivity index (χ2v) is 3.78. The van der Waals surface area contributed by atoms with Crippen molar-refractivity contribution in [3.8, 4) is 0 Å². The molecule has 0 spiro atoms. The molecule has 1 fully saturated rings. The van der Waals surface area contributed by atoms with Crippen molar-refractivity contribution in [2.24, 2.45) is 5.92 Å². The Morgan fingerprint density at radius 3 is 2.82 bits per heavy atom. The maximum atomic E-state index is 10.8. The number of nitrogens with one attached hydrogen (secondary N) is 1. The molecule has 0 atom stereocenters. The van der Waals surface area contributed by atoms with Crippen molar-refractivity contribution in [3.63, 3.8) is 0 Å². The zero-order valence-corrected chi connectivity index (χ0v) is 8.50. The first kappa shape index (κ1) is 9.03. The molecular weight excluding hydrogens is 253 g/mol. The van der Waals surface area contributed by atoms with Gasteiger partial charge in [-0.25, -0.2) is 0 Å². The average Bonchev–Trinajstić information content (AvgIpc) is 1.95. The molecule has 0 heterocycles. The third kappa shape index (κ3) is 2.47. The van der Waals surface area contributed by atoms with Crippen molar-refractivity contribution in [3.05, 3.63) is 12.7 Å². The summed E-state index contributed by atoms with van der Waals surface area (Å²) in [5, 5.41) is 2.87. The van der Waals surface area contributed by atoms with Crippen LogP contribution in [0, 0.1) is 5.92 Å². The Kier molecular flexibility index (Phi) is 3.36. The van der Waals surface area contributed by atoms with E-state index in [-0.39, 0.29) is 5.91 Å². The molecule has 1 aliphatic carbocycles. The van der Waals surface area contributed by atoms with Gasteiger partial charge in [-0.05, 0) is 24.8 Å². The number of halogens is 1. The fraction of sp³-hybridized carbons (Fsp3) is 0.625. The van der Waals surface area contributed by atoms with Gasteiger partial charge in [0.1, 0.15) is 0 Å². The zero-order chi connectivity index (χ0) is 8.27. The molecule has 0 bridgehead atoms. The molecule has 1 N–H and O–H groups in total. The fourth-order valence-corrected chi connectivity index (χ4v) is 1.96.